The third-order valence-electron chi connectivity index (χ3n) is 3.12. The van der Waals surface area contributed by atoms with Crippen molar-refractivity contribution in [2.75, 3.05) is 0 Å². The summed E-state index contributed by atoms with van der Waals surface area (Å²) >= 11 is 3.74. The highest BCUT2D eigenvalue weighted by molar-refractivity contribution is 9.09. The molecule has 0 aliphatic rings. The molecule has 0 nitrogen and oxygen atoms in total. The van der Waals surface area contributed by atoms with Crippen molar-refractivity contribution in [3.8, 4) is 11.1 Å². The van der Waals surface area contributed by atoms with Gasteiger partial charge < -0.3 is 0 Å². The van der Waals surface area contributed by atoms with Crippen molar-refractivity contribution in [1.82, 2.24) is 0 Å². The largest absolute Gasteiger partial charge is 0.0887 e. The Bertz CT molecular complexity index is 459. The zero-order valence-corrected chi connectivity index (χ0v) is 12.4. The SMILES string of the molecule is CCCC(Br)Cc1ccc(-c2ccccc2)cc1. The van der Waals surface area contributed by atoms with Gasteiger partial charge in [0.2, 0.25) is 0 Å². The van der Waals surface area contributed by atoms with E-state index in [1.54, 1.807) is 0 Å². The standard InChI is InChI=1S/C17H19Br/c1-2-6-17(18)13-14-9-11-16(12-10-14)15-7-4-3-5-8-15/h3-5,7-12,17H,2,6,13H2,1H3. The first kappa shape index (κ1) is 13.4. The lowest BCUT2D eigenvalue weighted by Gasteiger charge is -2.09. The molecule has 0 saturated carbocycles. The second kappa shape index (κ2) is 6.75. The molecule has 1 heteroatoms. The van der Waals surface area contributed by atoms with E-state index in [0.29, 0.717) is 4.83 Å². The number of halogens is 1. The van der Waals surface area contributed by atoms with E-state index < -0.39 is 0 Å². The van der Waals surface area contributed by atoms with E-state index in [9.17, 15) is 0 Å². The first-order valence-electron chi connectivity index (χ1n) is 6.58. The number of hydrogen-bond donors (Lipinski definition) is 0. The molecule has 0 radical (unpaired) electrons. The lowest BCUT2D eigenvalue weighted by molar-refractivity contribution is 0.745. The van der Waals surface area contributed by atoms with Crippen LogP contribution in [0, 0.1) is 0 Å². The van der Waals surface area contributed by atoms with Crippen LogP contribution in [0.5, 0.6) is 0 Å². The molecule has 0 spiro atoms. The summed E-state index contributed by atoms with van der Waals surface area (Å²) in [5.41, 5.74) is 3.99. The van der Waals surface area contributed by atoms with Gasteiger partial charge in [-0.05, 0) is 29.5 Å². The van der Waals surface area contributed by atoms with Crippen molar-refractivity contribution in [3.63, 3.8) is 0 Å². The van der Waals surface area contributed by atoms with E-state index in [1.165, 1.54) is 29.5 Å². The number of hydrogen-bond acceptors (Lipinski definition) is 0. The zero-order chi connectivity index (χ0) is 12.8. The van der Waals surface area contributed by atoms with Crippen LogP contribution in [-0.4, -0.2) is 4.83 Å². The van der Waals surface area contributed by atoms with E-state index in [1.807, 2.05) is 0 Å². The van der Waals surface area contributed by atoms with E-state index in [0.717, 1.165) is 6.42 Å². The Balaban J connectivity index is 2.06. The fourth-order valence-corrected chi connectivity index (χ4v) is 2.97. The van der Waals surface area contributed by atoms with Gasteiger partial charge in [0.05, 0.1) is 0 Å². The summed E-state index contributed by atoms with van der Waals surface area (Å²) in [6, 6.07) is 19.4. The fraction of sp³-hybridized carbons (Fsp3) is 0.294. The molecule has 2 aromatic rings. The summed E-state index contributed by atoms with van der Waals surface area (Å²) in [5, 5.41) is 0. The van der Waals surface area contributed by atoms with E-state index >= 15 is 0 Å². The highest BCUT2D eigenvalue weighted by atomic mass is 79.9. The normalized spacial score (nSPS) is 12.3. The highest BCUT2D eigenvalue weighted by Gasteiger charge is 2.04. The summed E-state index contributed by atoms with van der Waals surface area (Å²) in [7, 11) is 0. The molecule has 0 aromatic heterocycles. The van der Waals surface area contributed by atoms with Crippen molar-refractivity contribution in [1.29, 1.82) is 0 Å². The quantitative estimate of drug-likeness (QED) is 0.643. The molecule has 0 bridgehead atoms. The first-order chi connectivity index (χ1) is 8.79. The monoisotopic (exact) mass is 302 g/mol. The number of alkyl halides is 1. The molecule has 18 heavy (non-hydrogen) atoms. The zero-order valence-electron chi connectivity index (χ0n) is 10.8. The Hall–Kier alpha value is -1.08. The molecule has 2 aromatic carbocycles. The summed E-state index contributed by atoms with van der Waals surface area (Å²) in [6.45, 7) is 2.23. The second-order valence-electron chi connectivity index (χ2n) is 4.65. The van der Waals surface area contributed by atoms with Gasteiger partial charge in [-0.3, -0.25) is 0 Å². The lowest BCUT2D eigenvalue weighted by Crippen LogP contribution is -2.01. The van der Waals surface area contributed by atoms with Gasteiger partial charge in [0.1, 0.15) is 0 Å². The highest BCUT2D eigenvalue weighted by Crippen LogP contribution is 2.21. The molecule has 0 amide bonds. The minimum absolute atomic E-state index is 0.602. The summed E-state index contributed by atoms with van der Waals surface area (Å²) < 4.78 is 0. The Morgan fingerprint density at radius 3 is 2.11 bits per heavy atom. The molecule has 0 N–H and O–H groups in total. The van der Waals surface area contributed by atoms with Crippen molar-refractivity contribution < 1.29 is 0 Å². The minimum Gasteiger partial charge on any atom is -0.0887 e. The molecule has 0 aliphatic carbocycles. The predicted octanol–water partition coefficient (Wildman–Crippen LogP) is 5.46. The molecule has 1 atom stereocenters. The van der Waals surface area contributed by atoms with E-state index in [-0.39, 0.29) is 0 Å². The molecule has 1 unspecified atom stereocenters. The van der Waals surface area contributed by atoms with Crippen LogP contribution in [0.3, 0.4) is 0 Å². The summed E-state index contributed by atoms with van der Waals surface area (Å²) in [4.78, 5) is 0.602. The summed E-state index contributed by atoms with van der Waals surface area (Å²) in [6.07, 6.45) is 3.58. The van der Waals surface area contributed by atoms with Crippen LogP contribution in [-0.2, 0) is 6.42 Å². The number of benzene rings is 2. The van der Waals surface area contributed by atoms with Crippen LogP contribution >= 0.6 is 15.9 Å². The molecular weight excluding hydrogens is 284 g/mol. The van der Waals surface area contributed by atoms with Crippen molar-refractivity contribution >= 4 is 15.9 Å². The van der Waals surface area contributed by atoms with Gasteiger partial charge in [-0.15, -0.1) is 0 Å². The maximum absolute atomic E-state index is 3.74. The fourth-order valence-electron chi connectivity index (χ4n) is 2.13. The van der Waals surface area contributed by atoms with E-state index in [2.05, 4.69) is 77.5 Å². The molecule has 0 saturated heterocycles. The Labute approximate surface area is 118 Å². The third kappa shape index (κ3) is 3.71. The molecule has 2 rings (SSSR count). The molecule has 0 heterocycles. The molecule has 94 valence electrons. The van der Waals surface area contributed by atoms with Crippen LogP contribution in [0.1, 0.15) is 25.3 Å². The average Bonchev–Trinajstić information content (AvgIpc) is 2.41. The van der Waals surface area contributed by atoms with Gasteiger partial charge in [-0.1, -0.05) is 83.9 Å². The second-order valence-corrected chi connectivity index (χ2v) is 5.95. The molecule has 0 aliphatic heterocycles. The maximum atomic E-state index is 3.74. The van der Waals surface area contributed by atoms with Crippen molar-refractivity contribution in [3.05, 3.63) is 60.2 Å². The van der Waals surface area contributed by atoms with Crippen LogP contribution in [0.25, 0.3) is 11.1 Å². The third-order valence-corrected chi connectivity index (χ3v) is 3.90. The summed E-state index contributed by atoms with van der Waals surface area (Å²) in [5.74, 6) is 0. The molecule has 0 fully saturated rings. The Morgan fingerprint density at radius 2 is 1.50 bits per heavy atom. The maximum Gasteiger partial charge on any atom is 0.0186 e. The minimum atomic E-state index is 0.602. The Kier molecular flexibility index (Phi) is 5.00. The van der Waals surface area contributed by atoms with Gasteiger partial charge in [0.15, 0.2) is 0 Å². The topological polar surface area (TPSA) is 0 Å². The Morgan fingerprint density at radius 1 is 0.889 bits per heavy atom. The first-order valence-corrected chi connectivity index (χ1v) is 7.49. The van der Waals surface area contributed by atoms with Crippen LogP contribution < -0.4 is 0 Å². The van der Waals surface area contributed by atoms with Gasteiger partial charge in [0, 0.05) is 4.83 Å². The van der Waals surface area contributed by atoms with Gasteiger partial charge in [0.25, 0.3) is 0 Å². The van der Waals surface area contributed by atoms with Gasteiger partial charge in [-0.2, -0.15) is 0 Å². The molecular formula is C17H19Br. The van der Waals surface area contributed by atoms with Crippen LogP contribution in [0.15, 0.2) is 54.6 Å². The predicted molar refractivity (Wildman–Crippen MR) is 83.2 cm³/mol. The lowest BCUT2D eigenvalue weighted by atomic mass is 10.0. The van der Waals surface area contributed by atoms with E-state index in [4.69, 9.17) is 0 Å². The van der Waals surface area contributed by atoms with Crippen LogP contribution in [0.4, 0.5) is 0 Å². The van der Waals surface area contributed by atoms with Crippen molar-refractivity contribution in [2.45, 2.75) is 31.0 Å². The van der Waals surface area contributed by atoms with Gasteiger partial charge in [-0.25, -0.2) is 0 Å². The van der Waals surface area contributed by atoms with Gasteiger partial charge >= 0.3 is 0 Å². The van der Waals surface area contributed by atoms with Crippen molar-refractivity contribution in [2.24, 2.45) is 0 Å². The number of rotatable bonds is 5. The smallest absolute Gasteiger partial charge is 0.0186 e. The van der Waals surface area contributed by atoms with Crippen LogP contribution in [0.2, 0.25) is 0 Å². The average molecular weight is 303 g/mol.